The van der Waals surface area contributed by atoms with Crippen molar-refractivity contribution in [2.75, 3.05) is 11.4 Å². The summed E-state index contributed by atoms with van der Waals surface area (Å²) in [5.74, 6) is -0.675. The Morgan fingerprint density at radius 3 is 2.74 bits per heavy atom. The molecule has 5 nitrogen and oxygen atoms in total. The number of fused-ring (bicyclic) bond motifs is 2. The third kappa shape index (κ3) is 2.99. The number of benzene rings is 2. The summed E-state index contributed by atoms with van der Waals surface area (Å²) in [6.45, 7) is 6.27. The first-order chi connectivity index (χ1) is 13.0. The third-order valence-electron chi connectivity index (χ3n) is 5.33. The fourth-order valence-corrected chi connectivity index (χ4v) is 3.65. The van der Waals surface area contributed by atoms with Gasteiger partial charge in [-0.2, -0.15) is 0 Å². The Labute approximate surface area is 157 Å². The number of anilines is 1. The summed E-state index contributed by atoms with van der Waals surface area (Å²) in [6, 6.07) is 13.3. The van der Waals surface area contributed by atoms with Crippen molar-refractivity contribution in [1.82, 2.24) is 4.98 Å². The van der Waals surface area contributed by atoms with Gasteiger partial charge in [-0.3, -0.25) is 4.79 Å². The maximum atomic E-state index is 12.8. The smallest absolute Gasteiger partial charge is 0.338 e. The summed E-state index contributed by atoms with van der Waals surface area (Å²) >= 11 is 0. The number of carbonyl (C=O) groups excluding carboxylic acids is 2. The van der Waals surface area contributed by atoms with Crippen LogP contribution in [-0.2, 0) is 16.0 Å². The molecule has 0 saturated heterocycles. The maximum absolute atomic E-state index is 12.8. The van der Waals surface area contributed by atoms with Crippen molar-refractivity contribution in [2.45, 2.75) is 33.3 Å². The van der Waals surface area contributed by atoms with Gasteiger partial charge in [-0.25, -0.2) is 4.79 Å². The van der Waals surface area contributed by atoms with Crippen LogP contribution in [0.3, 0.4) is 0 Å². The second-order valence-electron chi connectivity index (χ2n) is 7.05. The molecule has 1 atom stereocenters. The highest BCUT2D eigenvalue weighted by Crippen LogP contribution is 2.28. The van der Waals surface area contributed by atoms with E-state index in [1.54, 1.807) is 17.9 Å². The van der Waals surface area contributed by atoms with E-state index in [0.717, 1.165) is 39.8 Å². The largest absolute Gasteiger partial charge is 0.449 e. The SMILES string of the molecule is Cc1[nH]c2ccc(C(=O)O[C@H](C)C(=O)N3CCc4ccccc43)cc2c1C. The fraction of sp³-hybridized carbons (Fsp3) is 0.273. The number of amides is 1. The van der Waals surface area contributed by atoms with Crippen LogP contribution in [0.25, 0.3) is 10.9 Å². The van der Waals surface area contributed by atoms with Crippen molar-refractivity contribution < 1.29 is 14.3 Å². The highest BCUT2D eigenvalue weighted by Gasteiger charge is 2.30. The average Bonchev–Trinajstić information content (AvgIpc) is 3.22. The molecule has 0 radical (unpaired) electrons. The number of aromatic amines is 1. The molecule has 1 aromatic heterocycles. The molecule has 0 saturated carbocycles. The number of hydrogen-bond donors (Lipinski definition) is 1. The van der Waals surface area contributed by atoms with Gasteiger partial charge >= 0.3 is 5.97 Å². The Balaban J connectivity index is 1.51. The molecule has 2 aromatic carbocycles. The molecule has 3 aromatic rings. The average molecular weight is 362 g/mol. The van der Waals surface area contributed by atoms with Crippen LogP contribution in [0.15, 0.2) is 42.5 Å². The Kier molecular flexibility index (Phi) is 4.22. The van der Waals surface area contributed by atoms with E-state index in [1.165, 1.54) is 0 Å². The van der Waals surface area contributed by atoms with Crippen molar-refractivity contribution >= 4 is 28.5 Å². The minimum atomic E-state index is -0.839. The molecule has 2 heterocycles. The van der Waals surface area contributed by atoms with Gasteiger partial charge in [0.15, 0.2) is 6.10 Å². The van der Waals surface area contributed by atoms with Crippen LogP contribution in [0.4, 0.5) is 5.69 Å². The van der Waals surface area contributed by atoms with E-state index in [1.807, 2.05) is 50.2 Å². The summed E-state index contributed by atoms with van der Waals surface area (Å²) in [7, 11) is 0. The van der Waals surface area contributed by atoms with Gasteiger partial charge in [-0.05, 0) is 62.6 Å². The molecule has 4 rings (SSSR count). The monoisotopic (exact) mass is 362 g/mol. The lowest BCUT2D eigenvalue weighted by molar-refractivity contribution is -0.126. The first-order valence-corrected chi connectivity index (χ1v) is 9.15. The van der Waals surface area contributed by atoms with Gasteiger partial charge in [-0.1, -0.05) is 18.2 Å². The lowest BCUT2D eigenvalue weighted by atomic mass is 10.1. The van der Waals surface area contributed by atoms with Crippen molar-refractivity contribution in [3.63, 3.8) is 0 Å². The zero-order valence-corrected chi connectivity index (χ0v) is 15.7. The second-order valence-corrected chi connectivity index (χ2v) is 7.05. The number of ether oxygens (including phenoxy) is 1. The number of nitrogens with zero attached hydrogens (tertiary/aromatic N) is 1. The number of carbonyl (C=O) groups is 2. The quantitative estimate of drug-likeness (QED) is 0.719. The number of hydrogen-bond acceptors (Lipinski definition) is 3. The van der Waals surface area contributed by atoms with Crippen LogP contribution in [0.2, 0.25) is 0 Å². The van der Waals surface area contributed by atoms with Gasteiger partial charge in [-0.15, -0.1) is 0 Å². The third-order valence-corrected chi connectivity index (χ3v) is 5.33. The van der Waals surface area contributed by atoms with Crippen molar-refractivity contribution in [2.24, 2.45) is 0 Å². The highest BCUT2D eigenvalue weighted by molar-refractivity contribution is 6.01. The first-order valence-electron chi connectivity index (χ1n) is 9.15. The molecule has 27 heavy (non-hydrogen) atoms. The number of nitrogens with one attached hydrogen (secondary N) is 1. The molecule has 0 fully saturated rings. The Morgan fingerprint density at radius 1 is 1.15 bits per heavy atom. The Hall–Kier alpha value is -3.08. The van der Waals surface area contributed by atoms with Crippen LogP contribution in [-0.4, -0.2) is 29.5 Å². The van der Waals surface area contributed by atoms with Gasteiger partial charge < -0.3 is 14.6 Å². The molecular formula is C22H22N2O3. The number of para-hydroxylation sites is 1. The molecule has 138 valence electrons. The molecule has 0 spiro atoms. The Morgan fingerprint density at radius 2 is 1.93 bits per heavy atom. The van der Waals surface area contributed by atoms with E-state index in [-0.39, 0.29) is 5.91 Å². The standard InChI is InChI=1S/C22H22N2O3/c1-13-14(2)23-19-9-8-17(12-18(13)19)22(26)27-15(3)21(25)24-11-10-16-6-4-5-7-20(16)24/h4-9,12,15,23H,10-11H2,1-3H3/t15-/m1/s1. The minimum absolute atomic E-state index is 0.192. The molecule has 1 aliphatic heterocycles. The van der Waals surface area contributed by atoms with Gasteiger partial charge in [0.05, 0.1) is 5.56 Å². The predicted molar refractivity (Wildman–Crippen MR) is 105 cm³/mol. The van der Waals surface area contributed by atoms with E-state index < -0.39 is 12.1 Å². The van der Waals surface area contributed by atoms with Crippen molar-refractivity contribution in [3.05, 3.63) is 64.8 Å². The fourth-order valence-electron chi connectivity index (χ4n) is 3.65. The zero-order valence-electron chi connectivity index (χ0n) is 15.7. The number of H-pyrrole nitrogens is 1. The van der Waals surface area contributed by atoms with E-state index in [4.69, 9.17) is 4.74 Å². The van der Waals surface area contributed by atoms with Gasteiger partial charge in [0.2, 0.25) is 0 Å². The van der Waals surface area contributed by atoms with E-state index in [0.29, 0.717) is 12.1 Å². The topological polar surface area (TPSA) is 62.4 Å². The minimum Gasteiger partial charge on any atom is -0.449 e. The molecule has 1 aliphatic rings. The summed E-state index contributed by atoms with van der Waals surface area (Å²) in [4.78, 5) is 30.4. The lowest BCUT2D eigenvalue weighted by Crippen LogP contribution is -2.39. The zero-order chi connectivity index (χ0) is 19.1. The Bertz CT molecular complexity index is 1050. The lowest BCUT2D eigenvalue weighted by Gasteiger charge is -2.21. The van der Waals surface area contributed by atoms with E-state index in [2.05, 4.69) is 4.98 Å². The highest BCUT2D eigenvalue weighted by atomic mass is 16.5. The maximum Gasteiger partial charge on any atom is 0.338 e. The van der Waals surface area contributed by atoms with Crippen molar-refractivity contribution in [3.8, 4) is 0 Å². The van der Waals surface area contributed by atoms with Crippen LogP contribution in [0.5, 0.6) is 0 Å². The number of aryl methyl sites for hydroxylation is 2. The van der Waals surface area contributed by atoms with Crippen LogP contribution in [0.1, 0.15) is 34.1 Å². The molecule has 0 unspecified atom stereocenters. The van der Waals surface area contributed by atoms with Crippen LogP contribution >= 0.6 is 0 Å². The van der Waals surface area contributed by atoms with Gasteiger partial charge in [0.25, 0.3) is 5.91 Å². The van der Waals surface area contributed by atoms with Crippen LogP contribution in [0, 0.1) is 13.8 Å². The summed E-state index contributed by atoms with van der Waals surface area (Å²) < 4.78 is 5.48. The molecule has 5 heteroatoms. The van der Waals surface area contributed by atoms with Gasteiger partial charge in [0, 0.05) is 28.8 Å². The van der Waals surface area contributed by atoms with Gasteiger partial charge in [0.1, 0.15) is 0 Å². The molecule has 1 amide bonds. The molecule has 1 N–H and O–H groups in total. The van der Waals surface area contributed by atoms with Crippen LogP contribution < -0.4 is 4.90 Å². The summed E-state index contributed by atoms with van der Waals surface area (Å²) in [5.41, 5.74) is 5.67. The number of rotatable bonds is 3. The molecule has 0 aliphatic carbocycles. The summed E-state index contributed by atoms with van der Waals surface area (Å²) in [5, 5.41) is 0.995. The molecular weight excluding hydrogens is 340 g/mol. The molecule has 0 bridgehead atoms. The summed E-state index contributed by atoms with van der Waals surface area (Å²) in [6.07, 6.45) is -0.0147. The van der Waals surface area contributed by atoms with E-state index in [9.17, 15) is 9.59 Å². The number of esters is 1. The van der Waals surface area contributed by atoms with E-state index >= 15 is 0 Å². The normalized spacial score (nSPS) is 14.3. The predicted octanol–water partition coefficient (Wildman–Crippen LogP) is 3.92. The number of aromatic nitrogens is 1. The second kappa shape index (κ2) is 6.58. The first kappa shape index (κ1) is 17.3. The van der Waals surface area contributed by atoms with Crippen molar-refractivity contribution in [1.29, 1.82) is 0 Å².